The van der Waals surface area contributed by atoms with Gasteiger partial charge in [0, 0.05) is 12.6 Å². The minimum Gasteiger partial charge on any atom is -0.468 e. The van der Waals surface area contributed by atoms with E-state index in [1.165, 1.54) is 7.11 Å². The van der Waals surface area contributed by atoms with Crippen molar-refractivity contribution < 1.29 is 9.53 Å². The molecule has 0 aliphatic rings. The second-order valence-electron chi connectivity index (χ2n) is 4.26. The third kappa shape index (κ3) is 2.14. The first-order valence-corrected chi connectivity index (χ1v) is 5.33. The molecule has 0 radical (unpaired) electrons. The van der Waals surface area contributed by atoms with Gasteiger partial charge in [0.25, 0.3) is 0 Å². The van der Waals surface area contributed by atoms with E-state index in [2.05, 4.69) is 9.72 Å². The largest absolute Gasteiger partial charge is 0.468 e. The lowest BCUT2D eigenvalue weighted by Crippen LogP contribution is -2.48. The van der Waals surface area contributed by atoms with E-state index in [0.29, 0.717) is 6.42 Å². The van der Waals surface area contributed by atoms with E-state index in [9.17, 15) is 4.79 Å². The van der Waals surface area contributed by atoms with Crippen molar-refractivity contribution in [2.45, 2.75) is 18.9 Å². The van der Waals surface area contributed by atoms with E-state index in [-0.39, 0.29) is 0 Å². The molecule has 0 spiro atoms. The first-order valence-electron chi connectivity index (χ1n) is 5.33. The second-order valence-corrected chi connectivity index (χ2v) is 4.26. The van der Waals surface area contributed by atoms with Crippen LogP contribution in [0.3, 0.4) is 0 Å². The molecule has 1 atom stereocenters. The van der Waals surface area contributed by atoms with Crippen molar-refractivity contribution in [3.05, 3.63) is 36.4 Å². The number of methoxy groups -OCH3 is 1. The van der Waals surface area contributed by atoms with Gasteiger partial charge in [0.15, 0.2) is 0 Å². The molecule has 1 unspecified atom stereocenters. The van der Waals surface area contributed by atoms with Crippen LogP contribution >= 0.6 is 0 Å². The summed E-state index contributed by atoms with van der Waals surface area (Å²) < 4.78 is 6.59. The van der Waals surface area contributed by atoms with Gasteiger partial charge in [0.1, 0.15) is 11.4 Å². The third-order valence-corrected chi connectivity index (χ3v) is 2.69. The number of ether oxygens (including phenoxy) is 1. The van der Waals surface area contributed by atoms with E-state index in [4.69, 9.17) is 5.73 Å². The van der Waals surface area contributed by atoms with E-state index in [1.807, 2.05) is 28.8 Å². The average Bonchev–Trinajstić information content (AvgIpc) is 2.71. The first-order chi connectivity index (χ1) is 8.04. The molecule has 2 aromatic rings. The molecule has 2 rings (SSSR count). The van der Waals surface area contributed by atoms with Gasteiger partial charge in [-0.25, -0.2) is 4.98 Å². The van der Waals surface area contributed by atoms with Crippen LogP contribution in [-0.4, -0.2) is 28.0 Å². The van der Waals surface area contributed by atoms with Crippen LogP contribution < -0.4 is 5.73 Å². The minimum atomic E-state index is -1.06. The Morgan fingerprint density at radius 3 is 3.06 bits per heavy atom. The van der Waals surface area contributed by atoms with Crippen LogP contribution in [0.1, 0.15) is 12.7 Å². The number of hydrogen-bond acceptors (Lipinski definition) is 4. The fourth-order valence-electron chi connectivity index (χ4n) is 1.76. The Kier molecular flexibility index (Phi) is 2.85. The summed E-state index contributed by atoms with van der Waals surface area (Å²) in [7, 11) is 1.33. The van der Waals surface area contributed by atoms with Crippen LogP contribution in [0.2, 0.25) is 0 Å². The maximum atomic E-state index is 11.5. The van der Waals surface area contributed by atoms with Gasteiger partial charge in [-0.2, -0.15) is 0 Å². The molecule has 17 heavy (non-hydrogen) atoms. The Bertz CT molecular complexity index is 545. The fraction of sp³-hybridized carbons (Fsp3) is 0.333. The SMILES string of the molecule is COC(=O)C(C)(N)Cc1ncc2ccccn12. The number of nitrogens with two attached hydrogens (primary N) is 1. The quantitative estimate of drug-likeness (QED) is 0.795. The summed E-state index contributed by atoms with van der Waals surface area (Å²) in [5, 5.41) is 0. The molecule has 2 N–H and O–H groups in total. The number of carbonyl (C=O) groups excluding carboxylic acids is 1. The number of rotatable bonds is 3. The van der Waals surface area contributed by atoms with Crippen molar-refractivity contribution in [3.63, 3.8) is 0 Å². The molecule has 0 saturated heterocycles. The minimum absolute atomic E-state index is 0.331. The third-order valence-electron chi connectivity index (χ3n) is 2.69. The highest BCUT2D eigenvalue weighted by Gasteiger charge is 2.31. The van der Waals surface area contributed by atoms with Gasteiger partial charge >= 0.3 is 5.97 Å². The van der Waals surface area contributed by atoms with Crippen LogP contribution in [0.4, 0.5) is 0 Å². The smallest absolute Gasteiger partial charge is 0.326 e. The van der Waals surface area contributed by atoms with E-state index in [0.717, 1.165) is 11.3 Å². The van der Waals surface area contributed by atoms with E-state index >= 15 is 0 Å². The van der Waals surface area contributed by atoms with Gasteiger partial charge in [-0.15, -0.1) is 0 Å². The van der Waals surface area contributed by atoms with Crippen molar-refractivity contribution in [2.75, 3.05) is 7.11 Å². The van der Waals surface area contributed by atoms with Crippen LogP contribution in [-0.2, 0) is 16.0 Å². The number of imidazole rings is 1. The molecule has 5 heteroatoms. The molecule has 0 aliphatic carbocycles. The summed E-state index contributed by atoms with van der Waals surface area (Å²) in [4.78, 5) is 15.8. The highest BCUT2D eigenvalue weighted by atomic mass is 16.5. The molecule has 0 amide bonds. The molecule has 5 nitrogen and oxygen atoms in total. The highest BCUT2D eigenvalue weighted by molar-refractivity contribution is 5.80. The maximum absolute atomic E-state index is 11.5. The zero-order valence-electron chi connectivity index (χ0n) is 9.88. The van der Waals surface area contributed by atoms with Crippen molar-refractivity contribution >= 4 is 11.5 Å². The monoisotopic (exact) mass is 233 g/mol. The Morgan fingerprint density at radius 2 is 2.35 bits per heavy atom. The summed E-state index contributed by atoms with van der Waals surface area (Å²) in [6.45, 7) is 1.64. The lowest BCUT2D eigenvalue weighted by atomic mass is 9.99. The van der Waals surface area contributed by atoms with Crippen LogP contribution in [0.5, 0.6) is 0 Å². The van der Waals surface area contributed by atoms with E-state index in [1.54, 1.807) is 13.1 Å². The topological polar surface area (TPSA) is 69.6 Å². The number of hydrogen-bond donors (Lipinski definition) is 1. The molecule has 0 bridgehead atoms. The van der Waals surface area contributed by atoms with E-state index < -0.39 is 11.5 Å². The summed E-state index contributed by atoms with van der Waals surface area (Å²) in [5.41, 5.74) is 5.84. The number of pyridine rings is 1. The number of nitrogens with zero attached hydrogens (tertiary/aromatic N) is 2. The number of esters is 1. The van der Waals surface area contributed by atoms with Gasteiger partial charge in [-0.3, -0.25) is 4.79 Å². The Hall–Kier alpha value is -1.88. The van der Waals surface area contributed by atoms with Gasteiger partial charge < -0.3 is 14.9 Å². The normalized spacial score (nSPS) is 14.5. The number of carbonyl (C=O) groups is 1. The summed E-state index contributed by atoms with van der Waals surface area (Å²) in [5.74, 6) is 0.307. The van der Waals surface area contributed by atoms with Crippen molar-refractivity contribution in [1.29, 1.82) is 0 Å². The zero-order valence-corrected chi connectivity index (χ0v) is 9.88. The number of aromatic nitrogens is 2. The standard InChI is InChI=1S/C12H15N3O2/c1-12(13,11(16)17-2)7-10-14-8-9-5-3-4-6-15(9)10/h3-6,8H,7,13H2,1-2H3. The lowest BCUT2D eigenvalue weighted by Gasteiger charge is -2.20. The van der Waals surface area contributed by atoms with Gasteiger partial charge in [0.2, 0.25) is 0 Å². The van der Waals surface area contributed by atoms with Gasteiger partial charge in [0.05, 0.1) is 18.8 Å². The first kappa shape index (κ1) is 11.6. The van der Waals surface area contributed by atoms with Gasteiger partial charge in [-0.1, -0.05) is 6.07 Å². The highest BCUT2D eigenvalue weighted by Crippen LogP contribution is 2.13. The molecular weight excluding hydrogens is 218 g/mol. The molecule has 0 fully saturated rings. The molecule has 0 saturated carbocycles. The Labute approximate surface area is 99.2 Å². The Balaban J connectivity index is 2.33. The van der Waals surface area contributed by atoms with Crippen LogP contribution in [0.25, 0.3) is 5.52 Å². The Morgan fingerprint density at radius 1 is 1.59 bits per heavy atom. The van der Waals surface area contributed by atoms with Crippen molar-refractivity contribution in [1.82, 2.24) is 9.38 Å². The molecule has 90 valence electrons. The number of fused-ring (bicyclic) bond motifs is 1. The zero-order chi connectivity index (χ0) is 12.5. The molecule has 0 aromatic carbocycles. The summed E-state index contributed by atoms with van der Waals surface area (Å²) in [6.07, 6.45) is 3.98. The van der Waals surface area contributed by atoms with Crippen molar-refractivity contribution in [3.8, 4) is 0 Å². The van der Waals surface area contributed by atoms with Crippen LogP contribution in [0, 0.1) is 0 Å². The maximum Gasteiger partial charge on any atom is 0.326 e. The summed E-state index contributed by atoms with van der Waals surface area (Å²) >= 11 is 0. The summed E-state index contributed by atoms with van der Waals surface area (Å²) in [6, 6.07) is 5.79. The molecule has 2 heterocycles. The second kappa shape index (κ2) is 4.18. The predicted octanol–water partition coefficient (Wildman–Crippen LogP) is 0.767. The van der Waals surface area contributed by atoms with Crippen LogP contribution in [0.15, 0.2) is 30.6 Å². The van der Waals surface area contributed by atoms with Gasteiger partial charge in [-0.05, 0) is 19.1 Å². The lowest BCUT2D eigenvalue weighted by molar-refractivity contribution is -0.146. The fourth-order valence-corrected chi connectivity index (χ4v) is 1.76. The predicted molar refractivity (Wildman–Crippen MR) is 63.5 cm³/mol. The average molecular weight is 233 g/mol. The van der Waals surface area contributed by atoms with Crippen molar-refractivity contribution in [2.24, 2.45) is 5.73 Å². The molecular formula is C12H15N3O2. The molecule has 0 aliphatic heterocycles. The molecule has 2 aromatic heterocycles.